The first kappa shape index (κ1) is 16.1. The number of benzene rings is 1. The van der Waals surface area contributed by atoms with E-state index in [0.717, 1.165) is 0 Å². The van der Waals surface area contributed by atoms with Crippen molar-refractivity contribution in [1.82, 2.24) is 25.3 Å². The Bertz CT molecular complexity index is 737. The molecule has 0 radical (unpaired) electrons. The number of H-pyrrole nitrogens is 1. The maximum absolute atomic E-state index is 12.5. The number of hydrogen-bond donors (Lipinski definition) is 2. The Labute approximate surface area is 134 Å². The summed E-state index contributed by atoms with van der Waals surface area (Å²) in [4.78, 5) is -0.0836. The fourth-order valence-electron chi connectivity index (χ4n) is 1.64. The molecule has 0 spiro atoms. The largest absolute Gasteiger partial charge is 0.494 e. The SMILES string of the molecule is COc1c(Br)cc(Cl)cc1S(=O)(=O)NC(C)c1nn[nH]n1. The van der Waals surface area contributed by atoms with Gasteiger partial charge in [0.15, 0.2) is 11.6 Å². The zero-order valence-electron chi connectivity index (χ0n) is 11.0. The van der Waals surface area contributed by atoms with Crippen LogP contribution < -0.4 is 9.46 Å². The van der Waals surface area contributed by atoms with Crippen molar-refractivity contribution in [1.29, 1.82) is 0 Å². The molecular weight excluding hydrogens is 386 g/mol. The maximum Gasteiger partial charge on any atom is 0.245 e. The standard InChI is InChI=1S/C10H11BrClN5O3S/c1-5(10-13-16-17-14-10)15-21(18,19)8-4-6(12)3-7(11)9(8)20-2/h3-5,15H,1-2H3,(H,13,14,16,17). The second kappa shape index (κ2) is 6.26. The molecule has 2 N–H and O–H groups in total. The van der Waals surface area contributed by atoms with Crippen molar-refractivity contribution in [2.75, 3.05) is 7.11 Å². The third kappa shape index (κ3) is 3.51. The Balaban J connectivity index is 2.40. The second-order valence-corrected chi connectivity index (χ2v) is 7.01. The van der Waals surface area contributed by atoms with Gasteiger partial charge in [0.2, 0.25) is 10.0 Å². The number of aromatic amines is 1. The summed E-state index contributed by atoms with van der Waals surface area (Å²) in [5, 5.41) is 13.4. The molecule has 8 nitrogen and oxygen atoms in total. The van der Waals surface area contributed by atoms with Crippen LogP contribution in [-0.2, 0) is 10.0 Å². The highest BCUT2D eigenvalue weighted by Crippen LogP contribution is 2.35. The van der Waals surface area contributed by atoms with Crippen molar-refractivity contribution in [3.05, 3.63) is 27.5 Å². The highest BCUT2D eigenvalue weighted by Gasteiger charge is 2.26. The van der Waals surface area contributed by atoms with Crippen LogP contribution in [0.4, 0.5) is 0 Å². The Hall–Kier alpha value is -1.23. The van der Waals surface area contributed by atoms with Crippen LogP contribution in [0.5, 0.6) is 5.75 Å². The molecule has 114 valence electrons. The van der Waals surface area contributed by atoms with Gasteiger partial charge in [0.05, 0.1) is 17.6 Å². The van der Waals surface area contributed by atoms with Crippen LogP contribution in [-0.4, -0.2) is 36.2 Å². The average molecular weight is 397 g/mol. The van der Waals surface area contributed by atoms with Crippen LogP contribution in [0.2, 0.25) is 5.02 Å². The number of nitrogens with zero attached hydrogens (tertiary/aromatic N) is 3. The van der Waals surface area contributed by atoms with Gasteiger partial charge in [-0.25, -0.2) is 13.1 Å². The minimum atomic E-state index is -3.88. The van der Waals surface area contributed by atoms with E-state index < -0.39 is 16.1 Å². The lowest BCUT2D eigenvalue weighted by Crippen LogP contribution is -2.28. The van der Waals surface area contributed by atoms with Crippen molar-refractivity contribution >= 4 is 37.6 Å². The lowest BCUT2D eigenvalue weighted by atomic mass is 10.3. The van der Waals surface area contributed by atoms with E-state index >= 15 is 0 Å². The van der Waals surface area contributed by atoms with Gasteiger partial charge in [0.25, 0.3) is 0 Å². The van der Waals surface area contributed by atoms with E-state index in [0.29, 0.717) is 4.47 Å². The molecule has 1 heterocycles. The highest BCUT2D eigenvalue weighted by molar-refractivity contribution is 9.10. The number of tetrazole rings is 1. The van der Waals surface area contributed by atoms with Crippen LogP contribution in [0.1, 0.15) is 18.8 Å². The van der Waals surface area contributed by atoms with Gasteiger partial charge in [-0.3, -0.25) is 0 Å². The number of sulfonamides is 1. The van der Waals surface area contributed by atoms with Crippen LogP contribution in [0.25, 0.3) is 0 Å². The number of ether oxygens (including phenoxy) is 1. The molecular formula is C10H11BrClN5O3S. The summed E-state index contributed by atoms with van der Waals surface area (Å²) in [6, 6.07) is 2.18. The molecule has 0 aliphatic rings. The zero-order chi connectivity index (χ0) is 15.6. The van der Waals surface area contributed by atoms with E-state index in [2.05, 4.69) is 41.3 Å². The van der Waals surface area contributed by atoms with E-state index in [4.69, 9.17) is 16.3 Å². The molecule has 0 bridgehead atoms. The topological polar surface area (TPSA) is 110 Å². The van der Waals surface area contributed by atoms with Crippen molar-refractivity contribution in [2.45, 2.75) is 17.9 Å². The van der Waals surface area contributed by atoms with Gasteiger partial charge >= 0.3 is 0 Å². The molecule has 11 heteroatoms. The summed E-state index contributed by atoms with van der Waals surface area (Å²) in [5.41, 5.74) is 0. The molecule has 0 saturated carbocycles. The van der Waals surface area contributed by atoms with Crippen molar-refractivity contribution in [3.8, 4) is 5.75 Å². The number of halogens is 2. The molecule has 1 aromatic heterocycles. The molecule has 21 heavy (non-hydrogen) atoms. The fraction of sp³-hybridized carbons (Fsp3) is 0.300. The van der Waals surface area contributed by atoms with Gasteiger partial charge in [0, 0.05) is 5.02 Å². The number of nitrogens with one attached hydrogen (secondary N) is 2. The molecule has 0 aliphatic carbocycles. The summed E-state index contributed by atoms with van der Waals surface area (Å²) in [7, 11) is -2.51. The third-order valence-electron chi connectivity index (χ3n) is 2.55. The summed E-state index contributed by atoms with van der Waals surface area (Å²) >= 11 is 9.12. The van der Waals surface area contributed by atoms with Crippen molar-refractivity contribution in [2.24, 2.45) is 0 Å². The molecule has 1 unspecified atom stereocenters. The fourth-order valence-corrected chi connectivity index (χ4v) is 4.22. The monoisotopic (exact) mass is 395 g/mol. The quantitative estimate of drug-likeness (QED) is 0.795. The molecule has 1 aromatic carbocycles. The maximum atomic E-state index is 12.5. The van der Waals surface area contributed by atoms with E-state index in [1.165, 1.54) is 13.2 Å². The summed E-state index contributed by atoms with van der Waals surface area (Å²) in [6.45, 7) is 1.59. The van der Waals surface area contributed by atoms with Crippen molar-refractivity contribution in [3.63, 3.8) is 0 Å². The first-order chi connectivity index (χ1) is 9.85. The van der Waals surface area contributed by atoms with Crippen LogP contribution in [0.3, 0.4) is 0 Å². The van der Waals surface area contributed by atoms with E-state index in [1.807, 2.05) is 0 Å². The lowest BCUT2D eigenvalue weighted by molar-refractivity contribution is 0.399. The molecule has 0 saturated heterocycles. The minimum Gasteiger partial charge on any atom is -0.494 e. The van der Waals surface area contributed by atoms with Gasteiger partial charge in [0.1, 0.15) is 4.90 Å². The van der Waals surface area contributed by atoms with Crippen LogP contribution >= 0.6 is 27.5 Å². The second-order valence-electron chi connectivity index (χ2n) is 4.03. The first-order valence-corrected chi connectivity index (χ1v) is 8.29. The predicted octanol–water partition coefficient (Wildman–Crippen LogP) is 1.66. The lowest BCUT2D eigenvalue weighted by Gasteiger charge is -2.15. The highest BCUT2D eigenvalue weighted by atomic mass is 79.9. The minimum absolute atomic E-state index is 0.0836. The van der Waals surface area contributed by atoms with Gasteiger partial charge in [-0.1, -0.05) is 16.8 Å². The molecule has 0 amide bonds. The zero-order valence-corrected chi connectivity index (χ0v) is 14.1. The van der Waals surface area contributed by atoms with E-state index in [1.54, 1.807) is 13.0 Å². The van der Waals surface area contributed by atoms with Crippen LogP contribution in [0.15, 0.2) is 21.5 Å². The number of rotatable bonds is 5. The molecule has 0 fully saturated rings. The number of aromatic nitrogens is 4. The Morgan fingerprint density at radius 2 is 2.19 bits per heavy atom. The van der Waals surface area contributed by atoms with E-state index in [9.17, 15) is 8.42 Å². The van der Waals surface area contributed by atoms with Gasteiger partial charge in [-0.2, -0.15) is 5.21 Å². The summed E-state index contributed by atoms with van der Waals surface area (Å²) < 4.78 is 32.9. The molecule has 0 aliphatic heterocycles. The van der Waals surface area contributed by atoms with Gasteiger partial charge < -0.3 is 4.74 Å². The normalized spacial score (nSPS) is 13.1. The van der Waals surface area contributed by atoms with Crippen molar-refractivity contribution < 1.29 is 13.2 Å². The average Bonchev–Trinajstić information content (AvgIpc) is 2.91. The first-order valence-electron chi connectivity index (χ1n) is 5.64. The Kier molecular flexibility index (Phi) is 4.81. The van der Waals surface area contributed by atoms with Gasteiger partial charge in [-0.05, 0) is 35.0 Å². The van der Waals surface area contributed by atoms with Crippen LogP contribution in [0, 0.1) is 0 Å². The summed E-state index contributed by atoms with van der Waals surface area (Å²) in [6.07, 6.45) is 0. The molecule has 1 atom stereocenters. The predicted molar refractivity (Wildman–Crippen MR) is 78.6 cm³/mol. The smallest absolute Gasteiger partial charge is 0.245 e. The molecule has 2 rings (SSSR count). The Morgan fingerprint density at radius 3 is 2.76 bits per heavy atom. The Morgan fingerprint density at radius 1 is 1.48 bits per heavy atom. The summed E-state index contributed by atoms with van der Waals surface area (Å²) in [5.74, 6) is 0.380. The third-order valence-corrected chi connectivity index (χ3v) is 4.90. The number of methoxy groups -OCH3 is 1. The number of hydrogen-bond acceptors (Lipinski definition) is 6. The van der Waals surface area contributed by atoms with Gasteiger partial charge in [-0.15, -0.1) is 10.2 Å². The molecule has 2 aromatic rings. The van der Waals surface area contributed by atoms with E-state index in [-0.39, 0.29) is 21.5 Å².